The van der Waals surface area contributed by atoms with E-state index in [1.165, 1.54) is 0 Å². The second kappa shape index (κ2) is 10.1. The van der Waals surface area contributed by atoms with Crippen LogP contribution in [-0.4, -0.2) is 32.0 Å². The van der Waals surface area contributed by atoms with Crippen molar-refractivity contribution in [3.8, 4) is 5.75 Å². The highest BCUT2D eigenvalue weighted by Gasteiger charge is 2.08. The van der Waals surface area contributed by atoms with E-state index in [1.54, 1.807) is 31.4 Å². The van der Waals surface area contributed by atoms with Gasteiger partial charge in [0.1, 0.15) is 5.75 Å². The van der Waals surface area contributed by atoms with Gasteiger partial charge in [0.15, 0.2) is 0 Å². The Morgan fingerprint density at radius 3 is 2.58 bits per heavy atom. The van der Waals surface area contributed by atoms with Crippen LogP contribution >= 0.6 is 0 Å². The van der Waals surface area contributed by atoms with Gasteiger partial charge in [-0.25, -0.2) is 0 Å². The molecule has 0 unspecified atom stereocenters. The molecule has 26 heavy (non-hydrogen) atoms. The lowest BCUT2D eigenvalue weighted by Gasteiger charge is -2.10. The van der Waals surface area contributed by atoms with Crippen molar-refractivity contribution in [1.29, 1.82) is 0 Å². The fraction of sp³-hybridized carbons (Fsp3) is 0.300. The van der Waals surface area contributed by atoms with Crippen LogP contribution in [0.25, 0.3) is 0 Å². The molecule has 0 radical (unpaired) electrons. The molecule has 6 nitrogen and oxygen atoms in total. The highest BCUT2D eigenvalue weighted by Crippen LogP contribution is 2.16. The maximum absolute atomic E-state index is 12.1. The zero-order valence-electron chi connectivity index (χ0n) is 15.2. The molecule has 3 N–H and O–H groups in total. The van der Waals surface area contributed by atoms with E-state index < -0.39 is 0 Å². The Hall–Kier alpha value is -3.02. The van der Waals surface area contributed by atoms with Crippen molar-refractivity contribution in [3.63, 3.8) is 0 Å². The van der Waals surface area contributed by atoms with Gasteiger partial charge >= 0.3 is 0 Å². The standard InChI is InChI=1S/C20H25N3O3/c1-3-4-11-21-20(25)15-7-5-9-17(12-15)23-19(24)14-22-16-8-6-10-18(13-16)26-2/h5-10,12-13,22H,3-4,11,14H2,1-2H3,(H,21,25)(H,23,24). The van der Waals surface area contributed by atoms with Gasteiger partial charge in [-0.3, -0.25) is 9.59 Å². The molecule has 138 valence electrons. The van der Waals surface area contributed by atoms with E-state index in [0.717, 1.165) is 24.3 Å². The van der Waals surface area contributed by atoms with Gasteiger partial charge in [0.2, 0.25) is 5.91 Å². The van der Waals surface area contributed by atoms with Crippen molar-refractivity contribution in [2.75, 3.05) is 30.8 Å². The summed E-state index contributed by atoms with van der Waals surface area (Å²) < 4.78 is 5.15. The summed E-state index contributed by atoms with van der Waals surface area (Å²) >= 11 is 0. The van der Waals surface area contributed by atoms with E-state index in [0.29, 0.717) is 17.8 Å². The molecule has 2 rings (SSSR count). The zero-order chi connectivity index (χ0) is 18.8. The lowest BCUT2D eigenvalue weighted by Crippen LogP contribution is -2.25. The molecular weight excluding hydrogens is 330 g/mol. The van der Waals surface area contributed by atoms with Gasteiger partial charge in [0.05, 0.1) is 13.7 Å². The molecule has 0 aromatic heterocycles. The molecule has 0 aliphatic rings. The van der Waals surface area contributed by atoms with Crippen molar-refractivity contribution < 1.29 is 14.3 Å². The monoisotopic (exact) mass is 355 g/mol. The average Bonchev–Trinajstić information content (AvgIpc) is 2.67. The largest absolute Gasteiger partial charge is 0.497 e. The van der Waals surface area contributed by atoms with E-state index in [2.05, 4.69) is 22.9 Å². The van der Waals surface area contributed by atoms with Crippen LogP contribution in [-0.2, 0) is 4.79 Å². The summed E-state index contributed by atoms with van der Waals surface area (Å²) in [6.07, 6.45) is 1.97. The third kappa shape index (κ3) is 6.12. The van der Waals surface area contributed by atoms with Gasteiger partial charge in [0.25, 0.3) is 5.91 Å². The molecule has 0 aliphatic heterocycles. The first-order valence-corrected chi connectivity index (χ1v) is 8.68. The lowest BCUT2D eigenvalue weighted by molar-refractivity contribution is -0.114. The first-order valence-electron chi connectivity index (χ1n) is 8.68. The molecule has 0 bridgehead atoms. The van der Waals surface area contributed by atoms with Crippen LogP contribution < -0.4 is 20.7 Å². The molecule has 0 fully saturated rings. The topological polar surface area (TPSA) is 79.5 Å². The summed E-state index contributed by atoms with van der Waals surface area (Å²) in [6.45, 7) is 2.83. The molecule has 2 aromatic rings. The van der Waals surface area contributed by atoms with E-state index in [-0.39, 0.29) is 18.4 Å². The third-order valence-electron chi connectivity index (χ3n) is 3.75. The number of anilines is 2. The highest BCUT2D eigenvalue weighted by atomic mass is 16.5. The van der Waals surface area contributed by atoms with Crippen molar-refractivity contribution in [2.45, 2.75) is 19.8 Å². The summed E-state index contributed by atoms with van der Waals surface area (Å²) in [5, 5.41) is 8.69. The molecule has 2 amide bonds. The van der Waals surface area contributed by atoms with Gasteiger partial charge in [-0.2, -0.15) is 0 Å². The minimum Gasteiger partial charge on any atom is -0.497 e. The third-order valence-corrected chi connectivity index (χ3v) is 3.75. The predicted molar refractivity (Wildman–Crippen MR) is 104 cm³/mol. The SMILES string of the molecule is CCCCNC(=O)c1cccc(NC(=O)CNc2cccc(OC)c2)c1. The minimum absolute atomic E-state index is 0.111. The Bertz CT molecular complexity index is 747. The minimum atomic E-state index is -0.198. The number of rotatable bonds is 9. The number of benzene rings is 2. The molecule has 0 saturated heterocycles. The van der Waals surface area contributed by atoms with Crippen LogP contribution in [0.3, 0.4) is 0 Å². The van der Waals surface area contributed by atoms with Crippen molar-refractivity contribution in [3.05, 3.63) is 54.1 Å². The number of nitrogens with one attached hydrogen (secondary N) is 3. The van der Waals surface area contributed by atoms with Gasteiger partial charge in [0, 0.05) is 29.5 Å². The molecule has 6 heteroatoms. The van der Waals surface area contributed by atoms with Crippen LogP contribution in [0.1, 0.15) is 30.1 Å². The molecule has 0 atom stereocenters. The predicted octanol–water partition coefficient (Wildman–Crippen LogP) is 3.28. The highest BCUT2D eigenvalue weighted by molar-refractivity contribution is 5.98. The number of hydrogen-bond acceptors (Lipinski definition) is 4. The zero-order valence-corrected chi connectivity index (χ0v) is 15.2. The summed E-state index contributed by atoms with van der Waals surface area (Å²) in [5.41, 5.74) is 1.91. The number of ether oxygens (including phenoxy) is 1. The van der Waals surface area contributed by atoms with Gasteiger partial charge in [-0.05, 0) is 36.8 Å². The number of carbonyl (C=O) groups excluding carboxylic acids is 2. The fourth-order valence-electron chi connectivity index (χ4n) is 2.34. The molecule has 0 spiro atoms. The van der Waals surface area contributed by atoms with E-state index >= 15 is 0 Å². The Labute approximate surface area is 153 Å². The second-order valence-electron chi connectivity index (χ2n) is 5.82. The van der Waals surface area contributed by atoms with E-state index in [4.69, 9.17) is 4.74 Å². The van der Waals surface area contributed by atoms with Crippen molar-refractivity contribution in [2.24, 2.45) is 0 Å². The summed E-state index contributed by atoms with van der Waals surface area (Å²) in [4.78, 5) is 24.2. The Balaban J connectivity index is 1.88. The molecular formula is C20H25N3O3. The van der Waals surface area contributed by atoms with Crippen LogP contribution in [0.5, 0.6) is 5.75 Å². The van der Waals surface area contributed by atoms with Gasteiger partial charge in [-0.1, -0.05) is 25.5 Å². The summed E-state index contributed by atoms with van der Waals surface area (Å²) in [6, 6.07) is 14.3. The number of carbonyl (C=O) groups is 2. The quantitative estimate of drug-likeness (QED) is 0.603. The maximum atomic E-state index is 12.1. The number of unbranched alkanes of at least 4 members (excludes halogenated alkanes) is 1. The molecule has 2 aromatic carbocycles. The average molecular weight is 355 g/mol. The van der Waals surface area contributed by atoms with E-state index in [9.17, 15) is 9.59 Å². The molecule has 0 aliphatic carbocycles. The Morgan fingerprint density at radius 2 is 1.81 bits per heavy atom. The summed E-state index contributed by atoms with van der Waals surface area (Å²) in [7, 11) is 1.59. The lowest BCUT2D eigenvalue weighted by atomic mass is 10.2. The number of hydrogen-bond donors (Lipinski definition) is 3. The second-order valence-corrected chi connectivity index (χ2v) is 5.82. The van der Waals surface area contributed by atoms with Gasteiger partial charge in [-0.15, -0.1) is 0 Å². The number of methoxy groups -OCH3 is 1. The summed E-state index contributed by atoms with van der Waals surface area (Å²) in [5.74, 6) is 0.387. The molecule has 0 saturated carbocycles. The molecule has 0 heterocycles. The van der Waals surface area contributed by atoms with E-state index in [1.807, 2.05) is 24.3 Å². The number of amides is 2. The first-order chi connectivity index (χ1) is 12.6. The Kier molecular flexibility index (Phi) is 7.49. The van der Waals surface area contributed by atoms with Crippen molar-refractivity contribution in [1.82, 2.24) is 5.32 Å². The fourth-order valence-corrected chi connectivity index (χ4v) is 2.34. The van der Waals surface area contributed by atoms with Crippen LogP contribution in [0.2, 0.25) is 0 Å². The normalized spacial score (nSPS) is 10.1. The maximum Gasteiger partial charge on any atom is 0.251 e. The van der Waals surface area contributed by atoms with Crippen molar-refractivity contribution >= 4 is 23.2 Å². The van der Waals surface area contributed by atoms with Crippen LogP contribution in [0.15, 0.2) is 48.5 Å². The van der Waals surface area contributed by atoms with Gasteiger partial charge < -0.3 is 20.7 Å². The van der Waals surface area contributed by atoms with Crippen LogP contribution in [0.4, 0.5) is 11.4 Å². The Morgan fingerprint density at radius 1 is 1.04 bits per heavy atom. The smallest absolute Gasteiger partial charge is 0.251 e. The first kappa shape index (κ1) is 19.3. The van der Waals surface area contributed by atoms with Crippen LogP contribution in [0, 0.1) is 0 Å².